The number of phenolic OH excluding ortho intramolecular Hbond substituents is 1. The van der Waals surface area contributed by atoms with Crippen LogP contribution in [0.25, 0.3) is 11.3 Å². The number of hydrogen-bond donors (Lipinski definition) is 2. The minimum atomic E-state index is -0.383. The number of hydrogen-bond acceptors (Lipinski definition) is 5. The number of methoxy groups -OCH3 is 1. The summed E-state index contributed by atoms with van der Waals surface area (Å²) >= 11 is 6.35. The Hall–Kier alpha value is -3.29. The number of benzene rings is 2. The van der Waals surface area contributed by atoms with Crippen molar-refractivity contribution in [2.75, 3.05) is 26.9 Å². The lowest BCUT2D eigenvalue weighted by molar-refractivity contribution is 0.0723. The summed E-state index contributed by atoms with van der Waals surface area (Å²) in [6.07, 6.45) is 2.37. The highest BCUT2D eigenvalue weighted by Crippen LogP contribution is 2.45. The lowest BCUT2D eigenvalue weighted by Crippen LogP contribution is -2.31. The number of carbonyl (C=O) groups is 1. The molecule has 33 heavy (non-hydrogen) atoms. The van der Waals surface area contributed by atoms with E-state index in [1.807, 2.05) is 31.2 Å². The molecule has 2 heterocycles. The minimum Gasteiger partial charge on any atom is -0.507 e. The number of halogens is 1. The van der Waals surface area contributed by atoms with Crippen LogP contribution in [0.4, 0.5) is 0 Å². The van der Waals surface area contributed by atoms with Crippen molar-refractivity contribution in [3.63, 3.8) is 0 Å². The van der Waals surface area contributed by atoms with Crippen molar-refractivity contribution in [1.29, 1.82) is 0 Å². The number of carbonyl (C=O) groups excluding carboxylic acids is 1. The van der Waals surface area contributed by atoms with Gasteiger partial charge in [0.15, 0.2) is 0 Å². The monoisotopic (exact) mass is 467 g/mol. The standard InChI is InChI=1S/C25H26ClN3O4/c1-4-11-33-17-8-6-16(7-9-17)24-21-22(18-14-19(26)15(2)13-20(18)30)27-28-23(21)25(31)29(24)10-5-12-32-3/h4,6-9,13-14,24,30H,1,5,10-12H2,2-3H3,(H,27,28). The number of phenols is 1. The summed E-state index contributed by atoms with van der Waals surface area (Å²) in [5, 5.41) is 18.5. The van der Waals surface area contributed by atoms with E-state index in [4.69, 9.17) is 21.1 Å². The summed E-state index contributed by atoms with van der Waals surface area (Å²) < 4.78 is 10.8. The Morgan fingerprint density at radius 3 is 2.76 bits per heavy atom. The van der Waals surface area contributed by atoms with E-state index in [1.165, 1.54) is 0 Å². The van der Waals surface area contributed by atoms with Crippen molar-refractivity contribution >= 4 is 17.5 Å². The molecule has 2 N–H and O–H groups in total. The van der Waals surface area contributed by atoms with E-state index in [-0.39, 0.29) is 17.7 Å². The Labute approximate surface area is 197 Å². The average Bonchev–Trinajstić information content (AvgIpc) is 3.34. The van der Waals surface area contributed by atoms with E-state index in [2.05, 4.69) is 16.8 Å². The zero-order valence-electron chi connectivity index (χ0n) is 18.6. The third kappa shape index (κ3) is 4.34. The molecule has 8 heteroatoms. The molecule has 0 fully saturated rings. The smallest absolute Gasteiger partial charge is 0.273 e. The van der Waals surface area contributed by atoms with E-state index in [0.29, 0.717) is 59.5 Å². The second-order valence-electron chi connectivity index (χ2n) is 7.90. The van der Waals surface area contributed by atoms with Gasteiger partial charge in [-0.05, 0) is 48.7 Å². The minimum absolute atomic E-state index is 0.0587. The van der Waals surface area contributed by atoms with Crippen molar-refractivity contribution in [3.05, 3.63) is 76.5 Å². The molecule has 1 aliphatic rings. The van der Waals surface area contributed by atoms with Crippen LogP contribution in [0, 0.1) is 6.92 Å². The van der Waals surface area contributed by atoms with Crippen LogP contribution in [-0.4, -0.2) is 53.0 Å². The number of nitrogens with one attached hydrogen (secondary N) is 1. The number of aromatic amines is 1. The van der Waals surface area contributed by atoms with Gasteiger partial charge in [0.05, 0.1) is 6.04 Å². The van der Waals surface area contributed by atoms with E-state index in [0.717, 1.165) is 11.1 Å². The first-order valence-corrected chi connectivity index (χ1v) is 11.0. The largest absolute Gasteiger partial charge is 0.507 e. The second-order valence-corrected chi connectivity index (χ2v) is 8.30. The summed E-state index contributed by atoms with van der Waals surface area (Å²) in [4.78, 5) is 15.1. The summed E-state index contributed by atoms with van der Waals surface area (Å²) in [5.74, 6) is 0.627. The third-order valence-corrected chi connectivity index (χ3v) is 6.11. The molecule has 4 rings (SSSR count). The number of aryl methyl sites for hydroxylation is 1. The molecule has 0 spiro atoms. The molecule has 0 aliphatic carbocycles. The van der Waals surface area contributed by atoms with Crippen LogP contribution >= 0.6 is 11.6 Å². The van der Waals surface area contributed by atoms with Gasteiger partial charge in [0.1, 0.15) is 29.5 Å². The van der Waals surface area contributed by atoms with Crippen molar-refractivity contribution in [3.8, 4) is 22.8 Å². The fraction of sp³-hybridized carbons (Fsp3) is 0.280. The van der Waals surface area contributed by atoms with Crippen molar-refractivity contribution < 1.29 is 19.4 Å². The predicted octanol–water partition coefficient (Wildman–Crippen LogP) is 4.89. The highest BCUT2D eigenvalue weighted by Gasteiger charge is 2.42. The topological polar surface area (TPSA) is 87.7 Å². The molecule has 0 saturated carbocycles. The molecule has 1 unspecified atom stereocenters. The van der Waals surface area contributed by atoms with Crippen LogP contribution in [0.1, 0.15) is 39.6 Å². The van der Waals surface area contributed by atoms with Gasteiger partial charge in [-0.3, -0.25) is 9.89 Å². The highest BCUT2D eigenvalue weighted by molar-refractivity contribution is 6.31. The Kier molecular flexibility index (Phi) is 6.72. The summed E-state index contributed by atoms with van der Waals surface area (Å²) in [6.45, 7) is 6.95. The van der Waals surface area contributed by atoms with Crippen LogP contribution in [-0.2, 0) is 4.74 Å². The number of aromatic hydroxyl groups is 1. The van der Waals surface area contributed by atoms with Crippen LogP contribution in [0.15, 0.2) is 49.1 Å². The number of aromatic nitrogens is 2. The number of ether oxygens (including phenoxy) is 2. The molecule has 172 valence electrons. The molecule has 7 nitrogen and oxygen atoms in total. The predicted molar refractivity (Wildman–Crippen MR) is 127 cm³/mol. The SMILES string of the molecule is C=CCOc1ccc(C2c3c(-c4cc(Cl)c(C)cc4O)n[nH]c3C(=O)N2CCCOC)cc1. The van der Waals surface area contributed by atoms with E-state index in [1.54, 1.807) is 30.2 Å². The number of fused-ring (bicyclic) bond motifs is 1. The first kappa shape index (κ1) is 22.9. The molecule has 0 saturated heterocycles. The van der Waals surface area contributed by atoms with Crippen molar-refractivity contribution in [1.82, 2.24) is 15.1 Å². The Bertz CT molecular complexity index is 1170. The number of nitrogens with zero attached hydrogens (tertiary/aromatic N) is 2. The van der Waals surface area contributed by atoms with Crippen LogP contribution in [0.3, 0.4) is 0 Å². The normalized spacial score (nSPS) is 15.1. The quantitative estimate of drug-likeness (QED) is 0.345. The van der Waals surface area contributed by atoms with Crippen LogP contribution in [0.5, 0.6) is 11.5 Å². The fourth-order valence-electron chi connectivity index (χ4n) is 4.12. The van der Waals surface area contributed by atoms with E-state index < -0.39 is 0 Å². The second kappa shape index (κ2) is 9.68. The first-order valence-electron chi connectivity index (χ1n) is 10.7. The molecule has 1 amide bonds. The Morgan fingerprint density at radius 1 is 1.30 bits per heavy atom. The number of rotatable bonds is 9. The third-order valence-electron chi connectivity index (χ3n) is 5.71. The lowest BCUT2D eigenvalue weighted by atomic mass is 9.95. The van der Waals surface area contributed by atoms with Gasteiger partial charge < -0.3 is 19.5 Å². The van der Waals surface area contributed by atoms with Crippen LogP contribution < -0.4 is 4.74 Å². The van der Waals surface area contributed by atoms with E-state index >= 15 is 0 Å². The molecule has 1 atom stereocenters. The number of amides is 1. The summed E-state index contributed by atoms with van der Waals surface area (Å²) in [7, 11) is 1.64. The fourth-order valence-corrected chi connectivity index (χ4v) is 4.28. The summed E-state index contributed by atoms with van der Waals surface area (Å²) in [6, 6.07) is 10.5. The maximum atomic E-state index is 13.3. The van der Waals surface area contributed by atoms with Crippen molar-refractivity contribution in [2.45, 2.75) is 19.4 Å². The van der Waals surface area contributed by atoms with Gasteiger partial charge in [-0.25, -0.2) is 0 Å². The van der Waals surface area contributed by atoms with Gasteiger partial charge in [0.2, 0.25) is 0 Å². The average molecular weight is 468 g/mol. The highest BCUT2D eigenvalue weighted by atomic mass is 35.5. The molecule has 1 aromatic heterocycles. The maximum Gasteiger partial charge on any atom is 0.273 e. The first-order chi connectivity index (χ1) is 16.0. The lowest BCUT2D eigenvalue weighted by Gasteiger charge is -2.26. The Balaban J connectivity index is 1.80. The van der Waals surface area contributed by atoms with Gasteiger partial charge in [0.25, 0.3) is 5.91 Å². The molecule has 0 bridgehead atoms. The van der Waals surface area contributed by atoms with Gasteiger partial charge in [-0.2, -0.15) is 5.10 Å². The van der Waals surface area contributed by atoms with Gasteiger partial charge >= 0.3 is 0 Å². The van der Waals surface area contributed by atoms with Crippen molar-refractivity contribution in [2.24, 2.45) is 0 Å². The zero-order chi connectivity index (χ0) is 23.5. The molecular formula is C25H26ClN3O4. The van der Waals surface area contributed by atoms with Crippen LogP contribution in [0.2, 0.25) is 5.02 Å². The maximum absolute atomic E-state index is 13.3. The van der Waals surface area contributed by atoms with Gasteiger partial charge in [-0.1, -0.05) is 36.4 Å². The zero-order valence-corrected chi connectivity index (χ0v) is 19.4. The molecular weight excluding hydrogens is 442 g/mol. The van der Waals surface area contributed by atoms with E-state index in [9.17, 15) is 9.90 Å². The molecule has 0 radical (unpaired) electrons. The van der Waals surface area contributed by atoms with Gasteiger partial charge in [-0.15, -0.1) is 0 Å². The molecule has 1 aliphatic heterocycles. The Morgan fingerprint density at radius 2 is 2.06 bits per heavy atom. The molecule has 2 aromatic carbocycles. The van der Waals surface area contributed by atoms with Gasteiger partial charge in [0, 0.05) is 36.4 Å². The number of H-pyrrole nitrogens is 1. The summed E-state index contributed by atoms with van der Waals surface area (Å²) in [5.41, 5.74) is 3.78. The molecule has 3 aromatic rings.